The third kappa shape index (κ3) is 3.97. The highest BCUT2D eigenvalue weighted by molar-refractivity contribution is 5.77. The molecule has 1 aliphatic heterocycles. The van der Waals surface area contributed by atoms with Crippen molar-refractivity contribution in [1.82, 2.24) is 10.2 Å². The second-order valence-corrected chi connectivity index (χ2v) is 5.22. The van der Waals surface area contributed by atoms with Gasteiger partial charge in [0.15, 0.2) is 0 Å². The molecular formula is C16H24N2O2. The molecule has 0 aliphatic carbocycles. The second-order valence-electron chi connectivity index (χ2n) is 5.22. The van der Waals surface area contributed by atoms with Gasteiger partial charge in [-0.2, -0.15) is 0 Å². The lowest BCUT2D eigenvalue weighted by Gasteiger charge is -2.34. The number of carbonyl (C=O) groups is 1. The van der Waals surface area contributed by atoms with Crippen LogP contribution in [0.3, 0.4) is 0 Å². The Hall–Kier alpha value is -1.55. The van der Waals surface area contributed by atoms with Crippen LogP contribution in [0.15, 0.2) is 24.3 Å². The fourth-order valence-electron chi connectivity index (χ4n) is 2.53. The van der Waals surface area contributed by atoms with Crippen LogP contribution in [0.5, 0.6) is 5.75 Å². The van der Waals surface area contributed by atoms with Gasteiger partial charge in [0.05, 0.1) is 6.61 Å². The molecule has 1 N–H and O–H groups in total. The number of aryl methyl sites for hydroxylation is 1. The molecule has 1 heterocycles. The third-order valence-electron chi connectivity index (χ3n) is 3.68. The Kier molecular flexibility index (Phi) is 5.41. The Morgan fingerprint density at radius 3 is 2.80 bits per heavy atom. The maximum absolute atomic E-state index is 12.2. The fourth-order valence-corrected chi connectivity index (χ4v) is 2.53. The van der Waals surface area contributed by atoms with Crippen molar-refractivity contribution in [2.75, 3.05) is 26.2 Å². The van der Waals surface area contributed by atoms with Crippen LogP contribution in [-0.4, -0.2) is 43.1 Å². The summed E-state index contributed by atoms with van der Waals surface area (Å²) in [7, 11) is 0. The zero-order valence-corrected chi connectivity index (χ0v) is 12.4. The van der Waals surface area contributed by atoms with Crippen molar-refractivity contribution >= 4 is 5.91 Å². The van der Waals surface area contributed by atoms with Crippen molar-refractivity contribution in [3.63, 3.8) is 0 Å². The normalized spacial score (nSPS) is 18.9. The van der Waals surface area contributed by atoms with Crippen molar-refractivity contribution in [3.8, 4) is 5.75 Å². The molecule has 0 saturated carbocycles. The van der Waals surface area contributed by atoms with Gasteiger partial charge in [-0.25, -0.2) is 0 Å². The van der Waals surface area contributed by atoms with E-state index in [1.807, 2.05) is 36.1 Å². The van der Waals surface area contributed by atoms with E-state index >= 15 is 0 Å². The fraction of sp³-hybridized carbons (Fsp3) is 0.562. The van der Waals surface area contributed by atoms with Crippen LogP contribution < -0.4 is 10.1 Å². The van der Waals surface area contributed by atoms with Crippen LogP contribution in [-0.2, 0) is 11.2 Å². The molecular weight excluding hydrogens is 252 g/mol. The highest BCUT2D eigenvalue weighted by Crippen LogP contribution is 2.14. The second kappa shape index (κ2) is 7.29. The molecule has 1 amide bonds. The van der Waals surface area contributed by atoms with Gasteiger partial charge in [-0.1, -0.05) is 12.1 Å². The molecule has 1 unspecified atom stereocenters. The van der Waals surface area contributed by atoms with Gasteiger partial charge in [0.2, 0.25) is 5.91 Å². The third-order valence-corrected chi connectivity index (χ3v) is 3.68. The number of hydrogen-bond acceptors (Lipinski definition) is 3. The summed E-state index contributed by atoms with van der Waals surface area (Å²) in [5.74, 6) is 1.14. The van der Waals surface area contributed by atoms with Gasteiger partial charge >= 0.3 is 0 Å². The van der Waals surface area contributed by atoms with Crippen molar-refractivity contribution < 1.29 is 9.53 Å². The zero-order valence-electron chi connectivity index (χ0n) is 12.4. The molecule has 2 rings (SSSR count). The van der Waals surface area contributed by atoms with E-state index in [0.717, 1.165) is 31.8 Å². The van der Waals surface area contributed by atoms with Crippen LogP contribution in [0, 0.1) is 0 Å². The average molecular weight is 276 g/mol. The van der Waals surface area contributed by atoms with Gasteiger partial charge in [-0.05, 0) is 38.0 Å². The predicted octanol–water partition coefficient (Wildman–Crippen LogP) is 1.84. The zero-order chi connectivity index (χ0) is 14.4. The lowest BCUT2D eigenvalue weighted by Crippen LogP contribution is -2.52. The number of ether oxygens (including phenoxy) is 1. The summed E-state index contributed by atoms with van der Waals surface area (Å²) in [5.41, 5.74) is 1.18. The molecule has 1 atom stereocenters. The van der Waals surface area contributed by atoms with E-state index < -0.39 is 0 Å². The summed E-state index contributed by atoms with van der Waals surface area (Å²) in [6.45, 7) is 7.37. The van der Waals surface area contributed by atoms with Crippen LogP contribution in [0.1, 0.15) is 25.8 Å². The maximum atomic E-state index is 12.2. The Balaban J connectivity index is 1.83. The first-order valence-electron chi connectivity index (χ1n) is 7.42. The number of nitrogens with zero attached hydrogens (tertiary/aromatic N) is 1. The molecule has 1 aromatic rings. The maximum Gasteiger partial charge on any atom is 0.223 e. The van der Waals surface area contributed by atoms with Crippen molar-refractivity contribution in [2.24, 2.45) is 0 Å². The largest absolute Gasteiger partial charge is 0.494 e. The number of rotatable bonds is 5. The summed E-state index contributed by atoms with van der Waals surface area (Å²) in [4.78, 5) is 14.2. The van der Waals surface area contributed by atoms with Crippen LogP contribution in [0.25, 0.3) is 0 Å². The van der Waals surface area contributed by atoms with E-state index in [4.69, 9.17) is 4.74 Å². The van der Waals surface area contributed by atoms with Crippen molar-refractivity contribution in [2.45, 2.75) is 32.7 Å². The number of nitrogens with one attached hydrogen (secondary N) is 1. The summed E-state index contributed by atoms with van der Waals surface area (Å²) in [6, 6.07) is 8.32. The van der Waals surface area contributed by atoms with E-state index in [1.54, 1.807) is 0 Å². The smallest absolute Gasteiger partial charge is 0.223 e. The van der Waals surface area contributed by atoms with Gasteiger partial charge in [0.1, 0.15) is 5.75 Å². The number of benzene rings is 1. The van der Waals surface area contributed by atoms with E-state index in [-0.39, 0.29) is 5.91 Å². The molecule has 1 fully saturated rings. The Labute approximate surface area is 121 Å². The van der Waals surface area contributed by atoms with Gasteiger partial charge in [-0.15, -0.1) is 0 Å². The molecule has 4 nitrogen and oxygen atoms in total. The minimum atomic E-state index is 0.257. The lowest BCUT2D eigenvalue weighted by molar-refractivity contribution is -0.133. The van der Waals surface area contributed by atoms with Gasteiger partial charge in [-0.3, -0.25) is 4.79 Å². The molecule has 1 aromatic carbocycles. The van der Waals surface area contributed by atoms with Gasteiger partial charge in [0, 0.05) is 32.1 Å². The van der Waals surface area contributed by atoms with E-state index in [9.17, 15) is 4.79 Å². The predicted molar refractivity (Wildman–Crippen MR) is 80.0 cm³/mol. The lowest BCUT2D eigenvalue weighted by atomic mass is 10.1. The van der Waals surface area contributed by atoms with Crippen molar-refractivity contribution in [3.05, 3.63) is 29.8 Å². The minimum absolute atomic E-state index is 0.257. The topological polar surface area (TPSA) is 41.6 Å². The monoisotopic (exact) mass is 276 g/mol. The Bertz CT molecular complexity index is 431. The van der Waals surface area contributed by atoms with E-state index in [0.29, 0.717) is 19.1 Å². The number of hydrogen-bond donors (Lipinski definition) is 1. The van der Waals surface area contributed by atoms with Gasteiger partial charge in [0.25, 0.3) is 0 Å². The standard InChI is InChI=1S/C16H24N2O2/c1-3-20-15-7-4-14(5-8-15)6-9-16(19)18-11-10-17-12-13(18)2/h4-5,7-8,13,17H,3,6,9-12H2,1-2H3. The Morgan fingerprint density at radius 1 is 1.40 bits per heavy atom. The SMILES string of the molecule is CCOc1ccc(CCC(=O)N2CCNCC2C)cc1. The Morgan fingerprint density at radius 2 is 2.15 bits per heavy atom. The molecule has 1 aliphatic rings. The van der Waals surface area contributed by atoms with Crippen LogP contribution >= 0.6 is 0 Å². The first-order valence-corrected chi connectivity index (χ1v) is 7.42. The number of amides is 1. The van der Waals surface area contributed by atoms with E-state index in [2.05, 4.69) is 12.2 Å². The molecule has 4 heteroatoms. The number of carbonyl (C=O) groups excluding carboxylic acids is 1. The van der Waals surface area contributed by atoms with Crippen molar-refractivity contribution in [1.29, 1.82) is 0 Å². The summed E-state index contributed by atoms with van der Waals surface area (Å²) in [5, 5.41) is 3.30. The molecule has 0 bridgehead atoms. The summed E-state index contributed by atoms with van der Waals surface area (Å²) < 4.78 is 5.41. The van der Waals surface area contributed by atoms with Crippen LogP contribution in [0.4, 0.5) is 0 Å². The first-order chi connectivity index (χ1) is 9.70. The quantitative estimate of drug-likeness (QED) is 0.892. The average Bonchev–Trinajstić information content (AvgIpc) is 2.47. The summed E-state index contributed by atoms with van der Waals surface area (Å²) in [6.07, 6.45) is 1.38. The molecule has 20 heavy (non-hydrogen) atoms. The molecule has 0 aromatic heterocycles. The summed E-state index contributed by atoms with van der Waals surface area (Å²) >= 11 is 0. The molecule has 0 radical (unpaired) electrons. The van der Waals surface area contributed by atoms with Crippen LogP contribution in [0.2, 0.25) is 0 Å². The van der Waals surface area contributed by atoms with E-state index in [1.165, 1.54) is 5.56 Å². The van der Waals surface area contributed by atoms with Gasteiger partial charge < -0.3 is 15.0 Å². The number of piperazine rings is 1. The molecule has 1 saturated heterocycles. The molecule has 0 spiro atoms. The highest BCUT2D eigenvalue weighted by atomic mass is 16.5. The minimum Gasteiger partial charge on any atom is -0.494 e. The highest BCUT2D eigenvalue weighted by Gasteiger charge is 2.22. The molecule has 110 valence electrons. The first kappa shape index (κ1) is 14.9.